The first kappa shape index (κ1) is 15.7. The maximum Gasteiger partial charge on any atom is 0.326 e. The summed E-state index contributed by atoms with van der Waals surface area (Å²) in [6.45, 7) is 0.00614. The molecule has 1 unspecified atom stereocenters. The summed E-state index contributed by atoms with van der Waals surface area (Å²) in [4.78, 5) is 23.6. The minimum absolute atomic E-state index is 0.0140. The summed E-state index contributed by atoms with van der Waals surface area (Å²) in [5.41, 5.74) is 0. The van der Waals surface area contributed by atoms with Crippen molar-refractivity contribution in [3.8, 4) is 0 Å². The highest BCUT2D eigenvalue weighted by atomic mass is 32.2. The summed E-state index contributed by atoms with van der Waals surface area (Å²) < 4.78 is 21.3. The molecule has 0 spiro atoms. The van der Waals surface area contributed by atoms with E-state index in [1.807, 2.05) is 0 Å². The van der Waals surface area contributed by atoms with E-state index in [9.17, 15) is 23.1 Å². The van der Waals surface area contributed by atoms with Crippen molar-refractivity contribution in [1.29, 1.82) is 0 Å². The van der Waals surface area contributed by atoms with Crippen LogP contribution >= 0.6 is 0 Å². The Hall–Kier alpha value is -1.39. The molecule has 0 aromatic heterocycles. The van der Waals surface area contributed by atoms with Gasteiger partial charge in [-0.2, -0.15) is 0 Å². The van der Waals surface area contributed by atoms with Crippen LogP contribution in [0.25, 0.3) is 0 Å². The SMILES string of the molecule is NS(=O)(=O)CCCNC(=O)N1CC(O)C[C@H]1C(=O)O. The number of nitrogens with one attached hydrogen (secondary N) is 1. The Bertz CT molecular complexity index is 451. The molecule has 1 aliphatic heterocycles. The zero-order chi connectivity index (χ0) is 14.6. The lowest BCUT2D eigenvalue weighted by atomic mass is 10.2. The molecule has 9 nitrogen and oxygen atoms in total. The fourth-order valence-electron chi connectivity index (χ4n) is 1.84. The summed E-state index contributed by atoms with van der Waals surface area (Å²) in [6.07, 6.45) is -0.741. The van der Waals surface area contributed by atoms with Crippen molar-refractivity contribution in [1.82, 2.24) is 10.2 Å². The lowest BCUT2D eigenvalue weighted by Gasteiger charge is -2.21. The summed E-state index contributed by atoms with van der Waals surface area (Å²) >= 11 is 0. The minimum atomic E-state index is -3.57. The van der Waals surface area contributed by atoms with Gasteiger partial charge in [-0.3, -0.25) is 0 Å². The topological polar surface area (TPSA) is 150 Å². The second-order valence-electron chi connectivity index (χ2n) is 4.35. The van der Waals surface area contributed by atoms with Crippen molar-refractivity contribution in [2.24, 2.45) is 5.14 Å². The van der Waals surface area contributed by atoms with Crippen LogP contribution in [0.1, 0.15) is 12.8 Å². The monoisotopic (exact) mass is 295 g/mol. The Morgan fingerprint density at radius 2 is 2.05 bits per heavy atom. The number of aliphatic hydroxyl groups excluding tert-OH is 1. The molecule has 2 amide bonds. The Morgan fingerprint density at radius 3 is 2.58 bits per heavy atom. The van der Waals surface area contributed by atoms with E-state index < -0.39 is 34.2 Å². The Kier molecular flexibility index (Phi) is 5.09. The van der Waals surface area contributed by atoms with Crippen LogP contribution in [0, 0.1) is 0 Å². The first-order valence-electron chi connectivity index (χ1n) is 5.66. The van der Waals surface area contributed by atoms with E-state index in [0.29, 0.717) is 0 Å². The molecule has 19 heavy (non-hydrogen) atoms. The molecule has 1 rings (SSSR count). The van der Waals surface area contributed by atoms with Crippen LogP contribution in [-0.2, 0) is 14.8 Å². The van der Waals surface area contributed by atoms with E-state index in [-0.39, 0.29) is 31.7 Å². The van der Waals surface area contributed by atoms with Crippen LogP contribution in [0.5, 0.6) is 0 Å². The quantitative estimate of drug-likeness (QED) is 0.426. The van der Waals surface area contributed by atoms with Gasteiger partial charge in [0.05, 0.1) is 11.9 Å². The highest BCUT2D eigenvalue weighted by Gasteiger charge is 2.38. The molecule has 0 saturated carbocycles. The van der Waals surface area contributed by atoms with Crippen molar-refractivity contribution in [3.05, 3.63) is 0 Å². The van der Waals surface area contributed by atoms with E-state index in [0.717, 1.165) is 4.90 Å². The van der Waals surface area contributed by atoms with Gasteiger partial charge >= 0.3 is 12.0 Å². The second kappa shape index (κ2) is 6.17. The number of carbonyl (C=O) groups is 2. The zero-order valence-corrected chi connectivity index (χ0v) is 11.0. The number of aliphatic hydroxyl groups is 1. The number of β-amino-alcohol motifs (C(OH)–C–C–N with tert-alkyl or cyclic N) is 1. The fourth-order valence-corrected chi connectivity index (χ4v) is 2.39. The number of rotatable bonds is 5. The molecule has 1 saturated heterocycles. The van der Waals surface area contributed by atoms with E-state index in [1.54, 1.807) is 0 Å². The minimum Gasteiger partial charge on any atom is -0.480 e. The van der Waals surface area contributed by atoms with Crippen molar-refractivity contribution in [2.45, 2.75) is 25.0 Å². The third kappa shape index (κ3) is 5.01. The summed E-state index contributed by atoms with van der Waals surface area (Å²) in [6, 6.07) is -1.70. The van der Waals surface area contributed by atoms with Crippen molar-refractivity contribution >= 4 is 22.0 Å². The number of sulfonamides is 1. The highest BCUT2D eigenvalue weighted by Crippen LogP contribution is 2.17. The van der Waals surface area contributed by atoms with Crippen LogP contribution in [0.15, 0.2) is 0 Å². The van der Waals surface area contributed by atoms with Gasteiger partial charge in [-0.05, 0) is 6.42 Å². The van der Waals surface area contributed by atoms with Gasteiger partial charge in [0, 0.05) is 19.5 Å². The number of amides is 2. The third-order valence-corrected chi connectivity index (χ3v) is 3.56. The Balaban J connectivity index is 2.42. The second-order valence-corrected chi connectivity index (χ2v) is 6.08. The van der Waals surface area contributed by atoms with E-state index in [2.05, 4.69) is 5.32 Å². The van der Waals surface area contributed by atoms with Crippen molar-refractivity contribution in [2.75, 3.05) is 18.8 Å². The van der Waals surface area contributed by atoms with Crippen LogP contribution in [0.4, 0.5) is 4.79 Å². The smallest absolute Gasteiger partial charge is 0.326 e. The fraction of sp³-hybridized carbons (Fsp3) is 0.778. The molecule has 5 N–H and O–H groups in total. The number of primary sulfonamides is 1. The van der Waals surface area contributed by atoms with Gasteiger partial charge in [-0.1, -0.05) is 0 Å². The molecule has 10 heteroatoms. The number of carboxylic acids is 1. The average Bonchev–Trinajstić information content (AvgIpc) is 2.65. The molecule has 110 valence electrons. The molecule has 1 fully saturated rings. The molecule has 0 aromatic carbocycles. The van der Waals surface area contributed by atoms with Gasteiger partial charge in [-0.25, -0.2) is 23.1 Å². The van der Waals surface area contributed by atoms with E-state index in [4.69, 9.17) is 10.2 Å². The first-order valence-corrected chi connectivity index (χ1v) is 7.38. The Labute approximate surface area is 110 Å². The normalized spacial score (nSPS) is 23.4. The van der Waals surface area contributed by atoms with Crippen LogP contribution in [0.2, 0.25) is 0 Å². The lowest BCUT2D eigenvalue weighted by molar-refractivity contribution is -0.141. The van der Waals surface area contributed by atoms with Crippen molar-refractivity contribution < 1.29 is 28.2 Å². The van der Waals surface area contributed by atoms with Gasteiger partial charge in [0.15, 0.2) is 0 Å². The number of likely N-dealkylation sites (tertiary alicyclic amines) is 1. The number of aliphatic carboxylic acids is 1. The number of hydrogen-bond donors (Lipinski definition) is 4. The predicted molar refractivity (Wildman–Crippen MR) is 64.7 cm³/mol. The maximum atomic E-state index is 11.7. The maximum absolute atomic E-state index is 11.7. The van der Waals surface area contributed by atoms with Gasteiger partial charge in [0.2, 0.25) is 10.0 Å². The summed E-state index contributed by atoms with van der Waals surface area (Å²) in [7, 11) is -3.57. The summed E-state index contributed by atoms with van der Waals surface area (Å²) in [5.74, 6) is -1.45. The van der Waals surface area contributed by atoms with Gasteiger partial charge < -0.3 is 20.4 Å². The van der Waals surface area contributed by atoms with Gasteiger partial charge in [0.25, 0.3) is 0 Å². The average molecular weight is 295 g/mol. The van der Waals surface area contributed by atoms with Crippen LogP contribution in [-0.4, -0.2) is 66.5 Å². The molecule has 2 atom stereocenters. The predicted octanol–water partition coefficient (Wildman–Crippen LogP) is -2.11. The van der Waals surface area contributed by atoms with Crippen molar-refractivity contribution in [3.63, 3.8) is 0 Å². The molecule has 0 bridgehead atoms. The van der Waals surface area contributed by atoms with E-state index >= 15 is 0 Å². The zero-order valence-electron chi connectivity index (χ0n) is 10.2. The number of carbonyl (C=O) groups excluding carboxylic acids is 1. The number of carboxylic acid groups (broad SMARTS) is 1. The molecular formula is C9H17N3O6S. The molecule has 0 radical (unpaired) electrons. The molecule has 1 aliphatic rings. The third-order valence-electron chi connectivity index (χ3n) is 2.71. The first-order chi connectivity index (χ1) is 8.70. The number of hydrogen-bond acceptors (Lipinski definition) is 5. The van der Waals surface area contributed by atoms with Crippen LogP contribution in [0.3, 0.4) is 0 Å². The van der Waals surface area contributed by atoms with Gasteiger partial charge in [0.1, 0.15) is 6.04 Å². The number of urea groups is 1. The molecular weight excluding hydrogens is 278 g/mol. The molecule has 1 heterocycles. The number of nitrogens with zero attached hydrogens (tertiary/aromatic N) is 1. The molecule has 0 aliphatic carbocycles. The highest BCUT2D eigenvalue weighted by molar-refractivity contribution is 7.89. The number of nitrogens with two attached hydrogens (primary N) is 1. The van der Waals surface area contributed by atoms with Crippen LogP contribution < -0.4 is 10.5 Å². The van der Waals surface area contributed by atoms with Gasteiger partial charge in [-0.15, -0.1) is 0 Å². The Morgan fingerprint density at radius 1 is 1.42 bits per heavy atom. The summed E-state index contributed by atoms with van der Waals surface area (Å²) in [5, 5.41) is 25.5. The van der Waals surface area contributed by atoms with E-state index in [1.165, 1.54) is 0 Å². The lowest BCUT2D eigenvalue weighted by Crippen LogP contribution is -2.46. The largest absolute Gasteiger partial charge is 0.480 e. The molecule has 0 aromatic rings. The standard InChI is InChI=1S/C9H17N3O6S/c10-19(17,18)3-1-2-11-9(16)12-5-6(13)4-7(12)8(14)15/h6-7,13H,1-5H2,(H,11,16)(H,14,15)(H2,10,17,18)/t6?,7-/m0/s1.